The van der Waals surface area contributed by atoms with Crippen LogP contribution in [0.1, 0.15) is 27.9 Å². The minimum atomic E-state index is -2.79. The van der Waals surface area contributed by atoms with Crippen LogP contribution in [0.5, 0.6) is 5.75 Å². The number of nitrogens with zero attached hydrogens (tertiary/aromatic N) is 1. The molecule has 0 amide bonds. The topological polar surface area (TPSA) is 39.2 Å². The molecule has 0 spiro atoms. The first-order valence-electron chi connectivity index (χ1n) is 5.55. The molecule has 0 aliphatic rings. The fourth-order valence-electron chi connectivity index (χ4n) is 1.80. The van der Waals surface area contributed by atoms with Crippen LogP contribution in [0.3, 0.4) is 0 Å². The van der Waals surface area contributed by atoms with E-state index in [9.17, 15) is 13.6 Å². The molecule has 0 radical (unpaired) electrons. The Morgan fingerprint density at radius 3 is 2.63 bits per heavy atom. The number of alkyl halides is 2. The third-order valence-electron chi connectivity index (χ3n) is 2.67. The summed E-state index contributed by atoms with van der Waals surface area (Å²) in [6, 6.07) is 7.38. The Labute approximate surface area is 108 Å². The Bertz CT molecular complexity index is 585. The SMILES string of the molecule is COc1cccc(C(=O)c2cccnc2)c1C(F)F. The van der Waals surface area contributed by atoms with Gasteiger partial charge in [0.1, 0.15) is 5.75 Å². The molecule has 1 aromatic carbocycles. The van der Waals surface area contributed by atoms with Gasteiger partial charge in [-0.1, -0.05) is 12.1 Å². The van der Waals surface area contributed by atoms with Crippen molar-refractivity contribution in [2.75, 3.05) is 7.11 Å². The van der Waals surface area contributed by atoms with Gasteiger partial charge in [-0.15, -0.1) is 0 Å². The number of ketones is 1. The second kappa shape index (κ2) is 5.56. The van der Waals surface area contributed by atoms with Gasteiger partial charge in [-0.3, -0.25) is 9.78 Å². The maximum atomic E-state index is 13.1. The van der Waals surface area contributed by atoms with Gasteiger partial charge in [-0.05, 0) is 18.2 Å². The molecule has 2 rings (SSSR count). The first-order chi connectivity index (χ1) is 9.15. The van der Waals surface area contributed by atoms with Crippen LogP contribution in [0, 0.1) is 0 Å². The smallest absolute Gasteiger partial charge is 0.268 e. The second-order valence-electron chi connectivity index (χ2n) is 3.79. The van der Waals surface area contributed by atoms with Gasteiger partial charge in [-0.2, -0.15) is 0 Å². The second-order valence-corrected chi connectivity index (χ2v) is 3.79. The summed E-state index contributed by atoms with van der Waals surface area (Å²) in [6.45, 7) is 0. The largest absolute Gasteiger partial charge is 0.496 e. The number of aromatic nitrogens is 1. The highest BCUT2D eigenvalue weighted by Gasteiger charge is 2.23. The van der Waals surface area contributed by atoms with Crippen molar-refractivity contribution in [2.45, 2.75) is 6.43 Å². The summed E-state index contributed by atoms with van der Waals surface area (Å²) >= 11 is 0. The molecule has 0 saturated heterocycles. The van der Waals surface area contributed by atoms with Crippen molar-refractivity contribution >= 4 is 5.78 Å². The van der Waals surface area contributed by atoms with Crippen LogP contribution in [0.2, 0.25) is 0 Å². The summed E-state index contributed by atoms with van der Waals surface area (Å²) in [5, 5.41) is 0. The fourth-order valence-corrected chi connectivity index (χ4v) is 1.80. The van der Waals surface area contributed by atoms with Gasteiger partial charge in [0.05, 0.1) is 12.7 Å². The monoisotopic (exact) mass is 263 g/mol. The van der Waals surface area contributed by atoms with E-state index >= 15 is 0 Å². The van der Waals surface area contributed by atoms with Crippen molar-refractivity contribution in [3.63, 3.8) is 0 Å². The number of rotatable bonds is 4. The highest BCUT2D eigenvalue weighted by Crippen LogP contribution is 2.33. The molecule has 2 aromatic rings. The summed E-state index contributed by atoms with van der Waals surface area (Å²) in [7, 11) is 1.29. The van der Waals surface area contributed by atoms with Gasteiger partial charge in [0.25, 0.3) is 6.43 Å². The lowest BCUT2D eigenvalue weighted by Gasteiger charge is -2.12. The van der Waals surface area contributed by atoms with E-state index < -0.39 is 12.2 Å². The molecule has 0 saturated carbocycles. The third kappa shape index (κ3) is 2.59. The van der Waals surface area contributed by atoms with E-state index in [1.165, 1.54) is 43.8 Å². The lowest BCUT2D eigenvalue weighted by atomic mass is 9.99. The van der Waals surface area contributed by atoms with Gasteiger partial charge < -0.3 is 4.74 Å². The molecule has 0 N–H and O–H groups in total. The summed E-state index contributed by atoms with van der Waals surface area (Å²) < 4.78 is 31.1. The van der Waals surface area contributed by atoms with Crippen molar-refractivity contribution in [1.82, 2.24) is 4.98 Å². The number of halogens is 2. The third-order valence-corrected chi connectivity index (χ3v) is 2.67. The van der Waals surface area contributed by atoms with E-state index in [4.69, 9.17) is 4.74 Å². The number of hydrogen-bond donors (Lipinski definition) is 0. The molecule has 5 heteroatoms. The lowest BCUT2D eigenvalue weighted by Crippen LogP contribution is -2.07. The zero-order chi connectivity index (χ0) is 13.8. The molecule has 0 fully saturated rings. The summed E-state index contributed by atoms with van der Waals surface area (Å²) in [5.41, 5.74) is -0.196. The molecular formula is C14H11F2NO2. The Morgan fingerprint density at radius 2 is 2.05 bits per heavy atom. The van der Waals surface area contributed by atoms with E-state index in [2.05, 4.69) is 4.98 Å². The van der Waals surface area contributed by atoms with Crippen LogP contribution in [-0.4, -0.2) is 17.9 Å². The van der Waals surface area contributed by atoms with E-state index in [1.54, 1.807) is 6.07 Å². The quantitative estimate of drug-likeness (QED) is 0.795. The lowest BCUT2D eigenvalue weighted by molar-refractivity contribution is 0.102. The Kier molecular flexibility index (Phi) is 3.85. The predicted molar refractivity (Wildman–Crippen MR) is 65.6 cm³/mol. The van der Waals surface area contributed by atoms with E-state index in [0.29, 0.717) is 0 Å². The normalized spacial score (nSPS) is 10.5. The summed E-state index contributed by atoms with van der Waals surface area (Å²) in [6.07, 6.45) is 0.0692. The maximum absolute atomic E-state index is 13.1. The van der Waals surface area contributed by atoms with Gasteiger partial charge in [0.15, 0.2) is 5.78 Å². The number of hydrogen-bond acceptors (Lipinski definition) is 3. The van der Waals surface area contributed by atoms with Crippen molar-refractivity contribution in [2.24, 2.45) is 0 Å². The zero-order valence-corrected chi connectivity index (χ0v) is 10.1. The van der Waals surface area contributed by atoms with Crippen molar-refractivity contribution in [3.8, 4) is 5.75 Å². The Balaban J connectivity index is 2.54. The van der Waals surface area contributed by atoms with E-state index in [-0.39, 0.29) is 22.4 Å². The Hall–Kier alpha value is -2.30. The molecule has 0 aliphatic heterocycles. The first-order valence-corrected chi connectivity index (χ1v) is 5.55. The number of pyridine rings is 1. The number of benzene rings is 1. The predicted octanol–water partition coefficient (Wildman–Crippen LogP) is 3.26. The van der Waals surface area contributed by atoms with E-state index in [0.717, 1.165) is 0 Å². The fraction of sp³-hybridized carbons (Fsp3) is 0.143. The maximum Gasteiger partial charge on any atom is 0.268 e. The highest BCUT2D eigenvalue weighted by atomic mass is 19.3. The molecule has 0 atom stereocenters. The standard InChI is InChI=1S/C14H11F2NO2/c1-19-11-6-2-5-10(12(11)14(15)16)13(18)9-4-3-7-17-8-9/h2-8,14H,1H3. The molecule has 1 aromatic heterocycles. The molecule has 0 unspecified atom stereocenters. The molecule has 0 bridgehead atoms. The van der Waals surface area contributed by atoms with Gasteiger partial charge in [0.2, 0.25) is 0 Å². The van der Waals surface area contributed by atoms with Crippen LogP contribution in [0.15, 0.2) is 42.7 Å². The molecule has 98 valence electrons. The summed E-state index contributed by atoms with van der Waals surface area (Å²) in [5.74, 6) is -0.493. The molecule has 1 heterocycles. The summed E-state index contributed by atoms with van der Waals surface area (Å²) in [4.78, 5) is 16.0. The van der Waals surface area contributed by atoms with Gasteiger partial charge in [-0.25, -0.2) is 8.78 Å². The van der Waals surface area contributed by atoms with Gasteiger partial charge >= 0.3 is 0 Å². The number of ether oxygens (including phenoxy) is 1. The molecule has 3 nitrogen and oxygen atoms in total. The molecule has 0 aliphatic carbocycles. The minimum absolute atomic E-state index is 0.00439. The average molecular weight is 263 g/mol. The van der Waals surface area contributed by atoms with Crippen LogP contribution in [0.25, 0.3) is 0 Å². The zero-order valence-electron chi connectivity index (χ0n) is 10.1. The van der Waals surface area contributed by atoms with Crippen LogP contribution < -0.4 is 4.74 Å². The minimum Gasteiger partial charge on any atom is -0.496 e. The number of carbonyl (C=O) groups is 1. The average Bonchev–Trinajstić information content (AvgIpc) is 2.46. The van der Waals surface area contributed by atoms with Crippen molar-refractivity contribution < 1.29 is 18.3 Å². The van der Waals surface area contributed by atoms with Crippen molar-refractivity contribution in [1.29, 1.82) is 0 Å². The Morgan fingerprint density at radius 1 is 1.26 bits per heavy atom. The number of carbonyl (C=O) groups excluding carboxylic acids is 1. The van der Waals surface area contributed by atoms with Crippen LogP contribution in [0.4, 0.5) is 8.78 Å². The molecule has 19 heavy (non-hydrogen) atoms. The highest BCUT2D eigenvalue weighted by molar-refractivity contribution is 6.10. The van der Waals surface area contributed by atoms with Crippen LogP contribution in [-0.2, 0) is 0 Å². The van der Waals surface area contributed by atoms with Gasteiger partial charge in [0, 0.05) is 23.5 Å². The number of methoxy groups -OCH3 is 1. The first kappa shape index (κ1) is 13.1. The molecular weight excluding hydrogens is 252 g/mol. The van der Waals surface area contributed by atoms with E-state index in [1.807, 2.05) is 0 Å². The van der Waals surface area contributed by atoms with Crippen LogP contribution >= 0.6 is 0 Å². The van der Waals surface area contributed by atoms with Crippen molar-refractivity contribution in [3.05, 3.63) is 59.4 Å².